The first-order valence-corrected chi connectivity index (χ1v) is 15.5. The Morgan fingerprint density at radius 1 is 1.12 bits per heavy atom. The van der Waals surface area contributed by atoms with Crippen molar-refractivity contribution in [2.75, 3.05) is 38.5 Å². The van der Waals surface area contributed by atoms with E-state index in [-0.39, 0.29) is 46.3 Å². The molecule has 14 heteroatoms. The van der Waals surface area contributed by atoms with Gasteiger partial charge in [0.05, 0.1) is 35.0 Å². The third-order valence-corrected chi connectivity index (χ3v) is 7.99. The molecule has 1 aliphatic rings. The molecule has 43 heavy (non-hydrogen) atoms. The molecule has 226 valence electrons. The van der Waals surface area contributed by atoms with Crippen LogP contribution in [0.25, 0.3) is 16.0 Å². The third kappa shape index (κ3) is 6.74. The Balaban J connectivity index is 1.63. The van der Waals surface area contributed by atoms with Gasteiger partial charge >= 0.3 is 5.82 Å². The lowest BCUT2D eigenvalue weighted by Crippen LogP contribution is -2.20. The number of anilines is 2. The van der Waals surface area contributed by atoms with E-state index in [2.05, 4.69) is 20.1 Å². The standard InChI is InChI=1S/C29H30F2N6O5S/c1-32-27-22(41-15-14-40-2)12-11-18(33-27)16-19-17-21(35-20-8-4-5-9-23(20)43(3,38)39)25-28(34-19)37(29(36-25)26(30)31)24-10-6-7-13-42-24/h4-5,8-9,11-12,17,24,26H,6-7,10,13-16H2,2-3H3,(H,34,35). The Morgan fingerprint density at radius 2 is 1.93 bits per heavy atom. The lowest BCUT2D eigenvalue weighted by atomic mass is 10.1. The molecule has 11 nitrogen and oxygen atoms in total. The number of alkyl halides is 2. The van der Waals surface area contributed by atoms with Gasteiger partial charge in [-0.2, -0.15) is 0 Å². The number of hydrogen-bond donors (Lipinski definition) is 1. The first kappa shape index (κ1) is 30.3. The van der Waals surface area contributed by atoms with Gasteiger partial charge in [0.2, 0.25) is 0 Å². The van der Waals surface area contributed by atoms with Gasteiger partial charge < -0.3 is 24.4 Å². The number of halogens is 2. The Bertz CT molecular complexity index is 1770. The molecule has 0 spiro atoms. The zero-order valence-electron chi connectivity index (χ0n) is 23.6. The Kier molecular flexibility index (Phi) is 9.14. The predicted octanol–water partition coefficient (Wildman–Crippen LogP) is 5.78. The number of benzene rings is 1. The van der Waals surface area contributed by atoms with Crippen LogP contribution in [0.2, 0.25) is 0 Å². The smallest absolute Gasteiger partial charge is 0.312 e. The molecule has 1 N–H and O–H groups in total. The second-order valence-electron chi connectivity index (χ2n) is 9.94. The molecule has 1 fully saturated rings. The maximum Gasteiger partial charge on any atom is 0.312 e. The summed E-state index contributed by atoms with van der Waals surface area (Å²) in [6, 6.07) is 11.3. The van der Waals surface area contributed by atoms with Crippen LogP contribution in [-0.4, -0.2) is 61.1 Å². The van der Waals surface area contributed by atoms with Crippen molar-refractivity contribution < 1.29 is 31.4 Å². The molecule has 0 amide bonds. The van der Waals surface area contributed by atoms with Crippen LogP contribution in [0.1, 0.15) is 49.1 Å². The summed E-state index contributed by atoms with van der Waals surface area (Å²) in [7, 11) is -2.08. The number of ether oxygens (including phenoxy) is 3. The SMILES string of the molecule is [C-]#[N+]c1nc(Cc2cc(Nc3ccccc3S(C)(=O)=O)c3nc(C(F)F)n(C4CCCCO4)c3n2)ccc1OCCOC. The van der Waals surface area contributed by atoms with Gasteiger partial charge in [-0.15, -0.1) is 4.98 Å². The highest BCUT2D eigenvalue weighted by atomic mass is 32.2. The number of rotatable bonds is 11. The number of sulfone groups is 1. The van der Waals surface area contributed by atoms with Gasteiger partial charge in [-0.05, 0) is 49.6 Å². The first-order chi connectivity index (χ1) is 20.7. The number of fused-ring (bicyclic) bond motifs is 1. The number of nitrogens with zero attached hydrogens (tertiary/aromatic N) is 5. The molecule has 1 aliphatic heterocycles. The monoisotopic (exact) mass is 612 g/mol. The predicted molar refractivity (Wildman–Crippen MR) is 155 cm³/mol. The first-order valence-electron chi connectivity index (χ1n) is 13.6. The number of hydrogen-bond acceptors (Lipinski definition) is 9. The second-order valence-corrected chi connectivity index (χ2v) is 11.9. The van der Waals surface area contributed by atoms with E-state index < -0.39 is 28.3 Å². The fourth-order valence-corrected chi connectivity index (χ4v) is 5.75. The summed E-state index contributed by atoms with van der Waals surface area (Å²) >= 11 is 0. The van der Waals surface area contributed by atoms with Gasteiger partial charge in [0.15, 0.2) is 21.3 Å². The summed E-state index contributed by atoms with van der Waals surface area (Å²) in [5.74, 6) is -0.110. The minimum atomic E-state index is -3.62. The van der Waals surface area contributed by atoms with Gasteiger partial charge in [-0.1, -0.05) is 18.7 Å². The van der Waals surface area contributed by atoms with Crippen molar-refractivity contribution >= 4 is 38.2 Å². The topological polar surface area (TPSA) is 122 Å². The van der Waals surface area contributed by atoms with Crippen LogP contribution in [0.15, 0.2) is 47.4 Å². The maximum absolute atomic E-state index is 14.4. The Morgan fingerprint density at radius 3 is 2.63 bits per heavy atom. The molecular weight excluding hydrogens is 582 g/mol. The van der Waals surface area contributed by atoms with Crippen molar-refractivity contribution in [2.24, 2.45) is 0 Å². The summed E-state index contributed by atoms with van der Waals surface area (Å²) in [4.78, 5) is 16.9. The lowest BCUT2D eigenvalue weighted by molar-refractivity contribution is -0.0363. The molecule has 0 bridgehead atoms. The van der Waals surface area contributed by atoms with Crippen molar-refractivity contribution in [1.29, 1.82) is 0 Å². The summed E-state index contributed by atoms with van der Waals surface area (Å²) in [6.07, 6.45) is -0.237. The number of pyridine rings is 2. The van der Waals surface area contributed by atoms with Crippen LogP contribution in [0.5, 0.6) is 5.75 Å². The fraction of sp³-hybridized carbons (Fsp3) is 0.379. The molecule has 4 heterocycles. The third-order valence-electron chi connectivity index (χ3n) is 6.83. The summed E-state index contributed by atoms with van der Waals surface area (Å²) in [6.45, 7) is 8.56. The molecule has 0 aliphatic carbocycles. The molecule has 1 unspecified atom stereocenters. The van der Waals surface area contributed by atoms with Crippen molar-refractivity contribution in [1.82, 2.24) is 19.5 Å². The molecule has 0 saturated carbocycles. The maximum atomic E-state index is 14.4. The van der Waals surface area contributed by atoms with Crippen LogP contribution in [0, 0.1) is 6.57 Å². The van der Waals surface area contributed by atoms with Crippen LogP contribution in [0.3, 0.4) is 0 Å². The van der Waals surface area contributed by atoms with Crippen LogP contribution in [0.4, 0.5) is 26.0 Å². The largest absolute Gasteiger partial charge is 0.500 e. The zero-order chi connectivity index (χ0) is 30.6. The highest BCUT2D eigenvalue weighted by Gasteiger charge is 2.29. The molecule has 0 radical (unpaired) electrons. The zero-order valence-corrected chi connectivity index (χ0v) is 24.4. The lowest BCUT2D eigenvalue weighted by Gasteiger charge is -2.25. The molecule has 1 atom stereocenters. The van der Waals surface area contributed by atoms with E-state index in [0.717, 1.165) is 19.1 Å². The highest BCUT2D eigenvalue weighted by molar-refractivity contribution is 7.90. The quantitative estimate of drug-likeness (QED) is 0.166. The van der Waals surface area contributed by atoms with Crippen molar-refractivity contribution in [3.8, 4) is 5.75 Å². The van der Waals surface area contributed by atoms with E-state index >= 15 is 0 Å². The second kappa shape index (κ2) is 13.0. The number of methoxy groups -OCH3 is 1. The van der Waals surface area contributed by atoms with Crippen LogP contribution in [-0.2, 0) is 25.7 Å². The number of nitrogens with one attached hydrogen (secondary N) is 1. The van der Waals surface area contributed by atoms with E-state index in [0.29, 0.717) is 36.8 Å². The molecule has 4 aromatic rings. The van der Waals surface area contributed by atoms with E-state index in [9.17, 15) is 17.2 Å². The molecule has 3 aromatic heterocycles. The van der Waals surface area contributed by atoms with Crippen molar-refractivity contribution in [3.05, 3.63) is 71.1 Å². The average molecular weight is 613 g/mol. The van der Waals surface area contributed by atoms with E-state index in [1.54, 1.807) is 43.5 Å². The summed E-state index contributed by atoms with van der Waals surface area (Å²) < 4.78 is 71.5. The molecule has 1 aromatic carbocycles. The van der Waals surface area contributed by atoms with E-state index in [4.69, 9.17) is 25.8 Å². The number of imidazole rings is 1. The van der Waals surface area contributed by atoms with Crippen molar-refractivity contribution in [2.45, 2.75) is 43.2 Å². The van der Waals surface area contributed by atoms with Gasteiger partial charge in [-0.25, -0.2) is 27.2 Å². The van der Waals surface area contributed by atoms with Gasteiger partial charge in [0, 0.05) is 20.0 Å². The Hall–Kier alpha value is -4.19. The normalized spacial score (nSPS) is 15.5. The summed E-state index contributed by atoms with van der Waals surface area (Å²) in [5, 5.41) is 3.11. The number of para-hydroxylation sites is 1. The summed E-state index contributed by atoms with van der Waals surface area (Å²) in [5.41, 5.74) is 1.79. The van der Waals surface area contributed by atoms with E-state index in [1.165, 1.54) is 10.6 Å². The average Bonchev–Trinajstić information content (AvgIpc) is 3.38. The van der Waals surface area contributed by atoms with Crippen LogP contribution >= 0.6 is 0 Å². The fourth-order valence-electron chi connectivity index (χ4n) is 4.91. The van der Waals surface area contributed by atoms with E-state index in [1.807, 2.05) is 0 Å². The van der Waals surface area contributed by atoms with Gasteiger partial charge in [0.1, 0.15) is 29.8 Å². The van der Waals surface area contributed by atoms with Crippen LogP contribution < -0.4 is 10.1 Å². The molecular formula is C29H30F2N6O5S. The van der Waals surface area contributed by atoms with Crippen molar-refractivity contribution in [3.63, 3.8) is 0 Å². The minimum absolute atomic E-state index is 0.0399. The number of aromatic nitrogens is 4. The van der Waals surface area contributed by atoms with Gasteiger partial charge in [0.25, 0.3) is 6.43 Å². The highest BCUT2D eigenvalue weighted by Crippen LogP contribution is 2.37. The van der Waals surface area contributed by atoms with Gasteiger partial charge in [-0.3, -0.25) is 4.57 Å². The minimum Gasteiger partial charge on any atom is -0.500 e. The molecule has 1 saturated heterocycles. The molecule has 5 rings (SSSR count). The Labute approximate surface area is 247 Å².